The van der Waals surface area contributed by atoms with Crippen molar-refractivity contribution in [3.8, 4) is 22.8 Å². The van der Waals surface area contributed by atoms with Gasteiger partial charge in [-0.3, -0.25) is 4.98 Å². The standard InChI is InChI=1S/C16H16N4O/c1-2-12-10-18-7-6-14(12)15-19-16(21-20-15)13-5-3-4-11(8-13)9-17/h3-8,10H,2,9,17H2,1H3. The van der Waals surface area contributed by atoms with Crippen LogP contribution < -0.4 is 5.73 Å². The Morgan fingerprint density at radius 1 is 1.24 bits per heavy atom. The maximum atomic E-state index is 5.66. The molecule has 0 bridgehead atoms. The van der Waals surface area contributed by atoms with Crippen molar-refractivity contribution < 1.29 is 4.52 Å². The monoisotopic (exact) mass is 280 g/mol. The molecule has 2 N–H and O–H groups in total. The third-order valence-electron chi connectivity index (χ3n) is 3.36. The van der Waals surface area contributed by atoms with E-state index in [-0.39, 0.29) is 0 Å². The van der Waals surface area contributed by atoms with E-state index in [9.17, 15) is 0 Å². The number of hydrogen-bond donors (Lipinski definition) is 1. The molecule has 0 radical (unpaired) electrons. The Kier molecular flexibility index (Phi) is 3.75. The second kappa shape index (κ2) is 5.85. The molecule has 0 amide bonds. The van der Waals surface area contributed by atoms with Gasteiger partial charge < -0.3 is 10.3 Å². The topological polar surface area (TPSA) is 77.8 Å². The van der Waals surface area contributed by atoms with Crippen molar-refractivity contribution in [3.05, 3.63) is 53.9 Å². The van der Waals surface area contributed by atoms with Crippen LogP contribution in [0.1, 0.15) is 18.1 Å². The van der Waals surface area contributed by atoms with Crippen LogP contribution >= 0.6 is 0 Å². The normalized spacial score (nSPS) is 10.8. The van der Waals surface area contributed by atoms with E-state index in [1.54, 1.807) is 6.20 Å². The third kappa shape index (κ3) is 2.68. The summed E-state index contributed by atoms with van der Waals surface area (Å²) < 4.78 is 5.38. The lowest BCUT2D eigenvalue weighted by atomic mass is 10.1. The van der Waals surface area contributed by atoms with Gasteiger partial charge in [-0.15, -0.1) is 0 Å². The van der Waals surface area contributed by atoms with Gasteiger partial charge in [0.1, 0.15) is 0 Å². The van der Waals surface area contributed by atoms with Gasteiger partial charge in [0.25, 0.3) is 5.89 Å². The van der Waals surface area contributed by atoms with E-state index in [1.807, 2.05) is 36.5 Å². The third-order valence-corrected chi connectivity index (χ3v) is 3.36. The van der Waals surface area contributed by atoms with E-state index >= 15 is 0 Å². The number of nitrogens with zero attached hydrogens (tertiary/aromatic N) is 3. The van der Waals surface area contributed by atoms with Crippen molar-refractivity contribution in [2.75, 3.05) is 0 Å². The minimum Gasteiger partial charge on any atom is -0.334 e. The molecule has 3 aromatic rings. The summed E-state index contributed by atoms with van der Waals surface area (Å²) in [6.45, 7) is 2.56. The average molecular weight is 280 g/mol. The smallest absolute Gasteiger partial charge is 0.258 e. The first-order chi connectivity index (χ1) is 10.3. The zero-order valence-corrected chi connectivity index (χ0v) is 11.8. The van der Waals surface area contributed by atoms with Crippen LogP contribution in [0.25, 0.3) is 22.8 Å². The first-order valence-electron chi connectivity index (χ1n) is 6.88. The summed E-state index contributed by atoms with van der Waals surface area (Å²) in [6, 6.07) is 9.71. The van der Waals surface area contributed by atoms with Crippen molar-refractivity contribution in [2.24, 2.45) is 5.73 Å². The minimum atomic E-state index is 0.485. The molecular formula is C16H16N4O. The molecule has 0 aliphatic heterocycles. The maximum absolute atomic E-state index is 5.66. The Hall–Kier alpha value is -2.53. The summed E-state index contributed by atoms with van der Waals surface area (Å²) in [6.07, 6.45) is 4.44. The zero-order chi connectivity index (χ0) is 14.7. The first kappa shape index (κ1) is 13.5. The molecule has 0 fully saturated rings. The van der Waals surface area contributed by atoms with Gasteiger partial charge in [0, 0.05) is 30.1 Å². The molecule has 3 rings (SSSR count). The van der Waals surface area contributed by atoms with Gasteiger partial charge in [-0.2, -0.15) is 4.98 Å². The second-order valence-corrected chi connectivity index (χ2v) is 4.71. The molecule has 2 heterocycles. The summed E-state index contributed by atoms with van der Waals surface area (Å²) >= 11 is 0. The van der Waals surface area contributed by atoms with Gasteiger partial charge in [0.2, 0.25) is 5.82 Å². The van der Waals surface area contributed by atoms with Gasteiger partial charge in [-0.1, -0.05) is 24.2 Å². The summed E-state index contributed by atoms with van der Waals surface area (Å²) in [5.41, 5.74) is 9.62. The van der Waals surface area contributed by atoms with E-state index in [4.69, 9.17) is 10.3 Å². The Bertz CT molecular complexity index is 751. The lowest BCUT2D eigenvalue weighted by molar-refractivity contribution is 0.432. The molecule has 0 saturated heterocycles. The highest BCUT2D eigenvalue weighted by Gasteiger charge is 2.13. The fourth-order valence-corrected chi connectivity index (χ4v) is 2.21. The van der Waals surface area contributed by atoms with Crippen LogP contribution in [0.5, 0.6) is 0 Å². The predicted molar refractivity (Wildman–Crippen MR) is 80.2 cm³/mol. The predicted octanol–water partition coefficient (Wildman–Crippen LogP) is 2.82. The second-order valence-electron chi connectivity index (χ2n) is 4.71. The number of hydrogen-bond acceptors (Lipinski definition) is 5. The highest BCUT2D eigenvalue weighted by molar-refractivity contribution is 5.62. The fraction of sp³-hybridized carbons (Fsp3) is 0.188. The van der Waals surface area contributed by atoms with E-state index in [0.29, 0.717) is 18.3 Å². The molecule has 0 aliphatic carbocycles. The molecule has 21 heavy (non-hydrogen) atoms. The molecule has 0 spiro atoms. The summed E-state index contributed by atoms with van der Waals surface area (Å²) in [7, 11) is 0. The quantitative estimate of drug-likeness (QED) is 0.795. The number of rotatable bonds is 4. The van der Waals surface area contributed by atoms with Crippen LogP contribution in [0.2, 0.25) is 0 Å². The lowest BCUT2D eigenvalue weighted by Crippen LogP contribution is -1.95. The van der Waals surface area contributed by atoms with Crippen LogP contribution in [0.3, 0.4) is 0 Å². The molecule has 5 heteroatoms. The van der Waals surface area contributed by atoms with Gasteiger partial charge in [0.15, 0.2) is 0 Å². The lowest BCUT2D eigenvalue weighted by Gasteiger charge is -2.01. The average Bonchev–Trinajstić information content (AvgIpc) is 3.04. The van der Waals surface area contributed by atoms with Gasteiger partial charge in [0.05, 0.1) is 0 Å². The summed E-state index contributed by atoms with van der Waals surface area (Å²) in [5.74, 6) is 1.08. The molecular weight excluding hydrogens is 264 g/mol. The van der Waals surface area contributed by atoms with E-state index in [0.717, 1.165) is 28.7 Å². The van der Waals surface area contributed by atoms with E-state index in [2.05, 4.69) is 22.0 Å². The molecule has 0 unspecified atom stereocenters. The molecule has 2 aromatic heterocycles. The van der Waals surface area contributed by atoms with Crippen molar-refractivity contribution in [1.82, 2.24) is 15.1 Å². The minimum absolute atomic E-state index is 0.485. The Morgan fingerprint density at radius 3 is 2.95 bits per heavy atom. The van der Waals surface area contributed by atoms with Gasteiger partial charge >= 0.3 is 0 Å². The first-order valence-corrected chi connectivity index (χ1v) is 6.88. The largest absolute Gasteiger partial charge is 0.334 e. The molecule has 106 valence electrons. The van der Waals surface area contributed by atoms with E-state index in [1.165, 1.54) is 0 Å². The van der Waals surface area contributed by atoms with Crippen LogP contribution in [0.15, 0.2) is 47.2 Å². The number of aromatic nitrogens is 3. The summed E-state index contributed by atoms with van der Waals surface area (Å²) in [4.78, 5) is 8.62. The van der Waals surface area contributed by atoms with Crippen molar-refractivity contribution in [2.45, 2.75) is 19.9 Å². The molecule has 5 nitrogen and oxygen atoms in total. The van der Waals surface area contributed by atoms with E-state index < -0.39 is 0 Å². The van der Waals surface area contributed by atoms with Crippen LogP contribution in [-0.2, 0) is 13.0 Å². The molecule has 0 atom stereocenters. The van der Waals surface area contributed by atoms with Crippen molar-refractivity contribution in [1.29, 1.82) is 0 Å². The van der Waals surface area contributed by atoms with Crippen molar-refractivity contribution >= 4 is 0 Å². The van der Waals surface area contributed by atoms with Crippen LogP contribution in [0.4, 0.5) is 0 Å². The highest BCUT2D eigenvalue weighted by atomic mass is 16.5. The Labute approximate surface area is 122 Å². The maximum Gasteiger partial charge on any atom is 0.258 e. The highest BCUT2D eigenvalue weighted by Crippen LogP contribution is 2.25. The fourth-order valence-electron chi connectivity index (χ4n) is 2.21. The SMILES string of the molecule is CCc1cnccc1-c1noc(-c2cccc(CN)c2)n1. The number of benzene rings is 1. The molecule has 0 saturated carbocycles. The molecule has 1 aromatic carbocycles. The zero-order valence-electron chi connectivity index (χ0n) is 11.8. The van der Waals surface area contributed by atoms with Gasteiger partial charge in [-0.05, 0) is 35.7 Å². The van der Waals surface area contributed by atoms with Crippen LogP contribution in [0, 0.1) is 0 Å². The van der Waals surface area contributed by atoms with Crippen LogP contribution in [-0.4, -0.2) is 15.1 Å². The number of pyridine rings is 1. The Morgan fingerprint density at radius 2 is 2.14 bits per heavy atom. The van der Waals surface area contributed by atoms with Gasteiger partial charge in [-0.25, -0.2) is 0 Å². The van der Waals surface area contributed by atoms with Crippen molar-refractivity contribution in [3.63, 3.8) is 0 Å². The molecule has 0 aliphatic rings. The summed E-state index contributed by atoms with van der Waals surface area (Å²) in [5, 5.41) is 4.08. The number of nitrogens with two attached hydrogens (primary N) is 1. The Balaban J connectivity index is 1.99. The number of aryl methyl sites for hydroxylation is 1.